The van der Waals surface area contributed by atoms with Crippen LogP contribution >= 0.6 is 0 Å². The maximum absolute atomic E-state index is 12.6. The second kappa shape index (κ2) is 9.74. The Morgan fingerprint density at radius 1 is 1.00 bits per heavy atom. The SMILES string of the molecule is CC(Oc1ccccc1C(C)C)C(=O)NCc1ccccc1CN1CCCC1. The van der Waals surface area contributed by atoms with Crippen molar-refractivity contribution in [2.45, 2.75) is 58.7 Å². The summed E-state index contributed by atoms with van der Waals surface area (Å²) >= 11 is 0. The van der Waals surface area contributed by atoms with Gasteiger partial charge in [0.1, 0.15) is 5.75 Å². The molecule has 0 aromatic heterocycles. The van der Waals surface area contributed by atoms with Crippen LogP contribution in [0.15, 0.2) is 48.5 Å². The van der Waals surface area contributed by atoms with Crippen molar-refractivity contribution in [3.8, 4) is 5.75 Å². The lowest BCUT2D eigenvalue weighted by molar-refractivity contribution is -0.127. The molecule has 1 aliphatic heterocycles. The molecule has 1 heterocycles. The largest absolute Gasteiger partial charge is 0.481 e. The molecular formula is C24H32N2O2. The van der Waals surface area contributed by atoms with E-state index in [2.05, 4.69) is 48.3 Å². The van der Waals surface area contributed by atoms with Gasteiger partial charge in [-0.25, -0.2) is 0 Å². The zero-order valence-corrected chi connectivity index (χ0v) is 17.3. The molecule has 0 aliphatic carbocycles. The van der Waals surface area contributed by atoms with E-state index in [0.29, 0.717) is 12.5 Å². The van der Waals surface area contributed by atoms with Gasteiger partial charge in [0.15, 0.2) is 6.10 Å². The van der Waals surface area contributed by atoms with Crippen LogP contribution in [-0.4, -0.2) is 30.0 Å². The van der Waals surface area contributed by atoms with E-state index in [9.17, 15) is 4.79 Å². The minimum atomic E-state index is -0.536. The lowest BCUT2D eigenvalue weighted by atomic mass is 10.0. The van der Waals surface area contributed by atoms with Gasteiger partial charge in [0, 0.05) is 13.1 Å². The molecule has 1 unspecified atom stereocenters. The van der Waals surface area contributed by atoms with Crippen molar-refractivity contribution in [2.24, 2.45) is 0 Å². The highest BCUT2D eigenvalue weighted by Crippen LogP contribution is 2.26. The molecule has 2 aromatic carbocycles. The van der Waals surface area contributed by atoms with Crippen molar-refractivity contribution >= 4 is 5.91 Å². The van der Waals surface area contributed by atoms with Gasteiger partial charge in [-0.15, -0.1) is 0 Å². The number of ether oxygens (including phenoxy) is 1. The van der Waals surface area contributed by atoms with Crippen LogP contribution in [0.5, 0.6) is 5.75 Å². The summed E-state index contributed by atoms with van der Waals surface area (Å²) in [5.74, 6) is 1.05. The van der Waals surface area contributed by atoms with Crippen LogP contribution in [0.4, 0.5) is 0 Å². The summed E-state index contributed by atoms with van der Waals surface area (Å²) in [5, 5.41) is 3.05. The molecule has 0 radical (unpaired) electrons. The molecule has 1 amide bonds. The Morgan fingerprint density at radius 2 is 1.64 bits per heavy atom. The van der Waals surface area contributed by atoms with Crippen molar-refractivity contribution < 1.29 is 9.53 Å². The van der Waals surface area contributed by atoms with Crippen molar-refractivity contribution in [1.29, 1.82) is 0 Å². The van der Waals surface area contributed by atoms with Crippen LogP contribution in [0.3, 0.4) is 0 Å². The summed E-state index contributed by atoms with van der Waals surface area (Å²) in [4.78, 5) is 15.1. The highest BCUT2D eigenvalue weighted by atomic mass is 16.5. The first-order chi connectivity index (χ1) is 13.5. The second-order valence-corrected chi connectivity index (χ2v) is 7.92. The van der Waals surface area contributed by atoms with E-state index in [1.165, 1.54) is 37.1 Å². The Morgan fingerprint density at radius 3 is 2.36 bits per heavy atom. The van der Waals surface area contributed by atoms with Gasteiger partial charge in [0.25, 0.3) is 5.91 Å². The molecular weight excluding hydrogens is 348 g/mol. The van der Waals surface area contributed by atoms with E-state index in [4.69, 9.17) is 4.74 Å². The number of nitrogens with one attached hydrogen (secondary N) is 1. The molecule has 4 heteroatoms. The van der Waals surface area contributed by atoms with Crippen LogP contribution in [-0.2, 0) is 17.9 Å². The number of para-hydroxylation sites is 1. The molecule has 1 fully saturated rings. The van der Waals surface area contributed by atoms with E-state index in [-0.39, 0.29) is 5.91 Å². The molecule has 150 valence electrons. The molecule has 0 saturated carbocycles. The van der Waals surface area contributed by atoms with Crippen LogP contribution in [0.1, 0.15) is 56.2 Å². The second-order valence-electron chi connectivity index (χ2n) is 7.92. The third kappa shape index (κ3) is 5.35. The number of rotatable bonds is 8. The third-order valence-corrected chi connectivity index (χ3v) is 5.38. The van der Waals surface area contributed by atoms with Crippen LogP contribution in [0.2, 0.25) is 0 Å². The number of hydrogen-bond donors (Lipinski definition) is 1. The van der Waals surface area contributed by atoms with Gasteiger partial charge in [-0.3, -0.25) is 9.69 Å². The van der Waals surface area contributed by atoms with E-state index >= 15 is 0 Å². The highest BCUT2D eigenvalue weighted by Gasteiger charge is 2.18. The Kier molecular flexibility index (Phi) is 7.10. The highest BCUT2D eigenvalue weighted by molar-refractivity contribution is 5.80. The summed E-state index contributed by atoms with van der Waals surface area (Å²) in [7, 11) is 0. The molecule has 1 aliphatic rings. The van der Waals surface area contributed by atoms with E-state index < -0.39 is 6.10 Å². The summed E-state index contributed by atoms with van der Waals surface area (Å²) in [6.07, 6.45) is 2.03. The topological polar surface area (TPSA) is 41.6 Å². The standard InChI is InChI=1S/C24H32N2O2/c1-18(2)22-12-6-7-13-23(22)28-19(3)24(27)25-16-20-10-4-5-11-21(20)17-26-14-8-9-15-26/h4-7,10-13,18-19H,8-9,14-17H2,1-3H3,(H,25,27). The first-order valence-corrected chi connectivity index (χ1v) is 10.4. The minimum absolute atomic E-state index is 0.0884. The number of hydrogen-bond acceptors (Lipinski definition) is 3. The number of carbonyl (C=O) groups excluding carboxylic acids is 1. The van der Waals surface area contributed by atoms with E-state index in [1.807, 2.05) is 31.2 Å². The Bertz CT molecular complexity index is 782. The average Bonchev–Trinajstić information content (AvgIpc) is 3.20. The Labute approximate surface area is 168 Å². The fraction of sp³-hybridized carbons (Fsp3) is 0.458. The monoisotopic (exact) mass is 380 g/mol. The van der Waals surface area contributed by atoms with Crippen LogP contribution < -0.4 is 10.1 Å². The van der Waals surface area contributed by atoms with Crippen LogP contribution in [0, 0.1) is 0 Å². The first-order valence-electron chi connectivity index (χ1n) is 10.4. The number of nitrogens with zero attached hydrogens (tertiary/aromatic N) is 1. The lowest BCUT2D eigenvalue weighted by Gasteiger charge is -2.20. The quantitative estimate of drug-likeness (QED) is 0.734. The lowest BCUT2D eigenvalue weighted by Crippen LogP contribution is -2.36. The maximum Gasteiger partial charge on any atom is 0.261 e. The molecule has 2 aromatic rings. The molecule has 3 rings (SSSR count). The fourth-order valence-corrected chi connectivity index (χ4v) is 3.70. The molecule has 4 nitrogen and oxygen atoms in total. The summed E-state index contributed by atoms with van der Waals surface area (Å²) in [6, 6.07) is 16.3. The zero-order chi connectivity index (χ0) is 19.9. The average molecular weight is 381 g/mol. The first kappa shape index (κ1) is 20.4. The van der Waals surface area contributed by atoms with E-state index in [0.717, 1.165) is 17.9 Å². The Balaban J connectivity index is 1.58. The molecule has 28 heavy (non-hydrogen) atoms. The molecule has 1 N–H and O–H groups in total. The van der Waals surface area contributed by atoms with Gasteiger partial charge in [-0.2, -0.15) is 0 Å². The smallest absolute Gasteiger partial charge is 0.261 e. The van der Waals surface area contributed by atoms with Gasteiger partial charge in [-0.05, 0) is 61.5 Å². The maximum atomic E-state index is 12.6. The van der Waals surface area contributed by atoms with Crippen molar-refractivity contribution in [3.05, 3.63) is 65.2 Å². The van der Waals surface area contributed by atoms with Crippen molar-refractivity contribution in [2.75, 3.05) is 13.1 Å². The van der Waals surface area contributed by atoms with Gasteiger partial charge >= 0.3 is 0 Å². The number of amides is 1. The van der Waals surface area contributed by atoms with Gasteiger partial charge in [0.2, 0.25) is 0 Å². The predicted octanol–water partition coefficient (Wildman–Crippen LogP) is 4.49. The molecule has 0 bridgehead atoms. The zero-order valence-electron chi connectivity index (χ0n) is 17.3. The summed E-state index contributed by atoms with van der Waals surface area (Å²) < 4.78 is 5.97. The number of benzene rings is 2. The number of carbonyl (C=O) groups is 1. The molecule has 1 saturated heterocycles. The molecule has 1 atom stereocenters. The van der Waals surface area contributed by atoms with Gasteiger partial charge < -0.3 is 10.1 Å². The van der Waals surface area contributed by atoms with E-state index in [1.54, 1.807) is 0 Å². The summed E-state index contributed by atoms with van der Waals surface area (Å²) in [5.41, 5.74) is 3.60. The van der Waals surface area contributed by atoms with Crippen LogP contribution in [0.25, 0.3) is 0 Å². The third-order valence-electron chi connectivity index (χ3n) is 5.38. The number of likely N-dealkylation sites (tertiary alicyclic amines) is 1. The minimum Gasteiger partial charge on any atom is -0.481 e. The summed E-state index contributed by atoms with van der Waals surface area (Å²) in [6.45, 7) is 9.89. The van der Waals surface area contributed by atoms with Crippen molar-refractivity contribution in [3.63, 3.8) is 0 Å². The normalized spacial score (nSPS) is 15.6. The fourth-order valence-electron chi connectivity index (χ4n) is 3.70. The van der Waals surface area contributed by atoms with Gasteiger partial charge in [-0.1, -0.05) is 56.3 Å². The Hall–Kier alpha value is -2.33. The molecule has 0 spiro atoms. The predicted molar refractivity (Wildman–Crippen MR) is 113 cm³/mol. The van der Waals surface area contributed by atoms with Crippen molar-refractivity contribution in [1.82, 2.24) is 10.2 Å². The van der Waals surface area contributed by atoms with Gasteiger partial charge in [0.05, 0.1) is 0 Å².